The van der Waals surface area contributed by atoms with E-state index in [1.807, 2.05) is 12.1 Å². The van der Waals surface area contributed by atoms with Gasteiger partial charge in [-0.1, -0.05) is 0 Å². The summed E-state index contributed by atoms with van der Waals surface area (Å²) in [6, 6.07) is 4.88. The van der Waals surface area contributed by atoms with Crippen molar-refractivity contribution in [3.8, 4) is 0 Å². The molecule has 6 nitrogen and oxygen atoms in total. The van der Waals surface area contributed by atoms with Crippen molar-refractivity contribution in [1.82, 2.24) is 5.32 Å². The lowest BCUT2D eigenvalue weighted by atomic mass is 10.1. The highest BCUT2D eigenvalue weighted by Gasteiger charge is 2.22. The van der Waals surface area contributed by atoms with Crippen LogP contribution in [0.2, 0.25) is 0 Å². The minimum absolute atomic E-state index is 0.0183. The fraction of sp³-hybridized carbons (Fsp3) is 0.400. The van der Waals surface area contributed by atoms with Gasteiger partial charge in [0.25, 0.3) is 0 Å². The maximum absolute atomic E-state index is 11.9. The molecule has 0 fully saturated rings. The Morgan fingerprint density at radius 2 is 1.95 bits per heavy atom. The van der Waals surface area contributed by atoms with Crippen LogP contribution in [-0.4, -0.2) is 30.3 Å². The lowest BCUT2D eigenvalue weighted by Crippen LogP contribution is -2.40. The van der Waals surface area contributed by atoms with E-state index in [1.165, 1.54) is 6.92 Å². The molecular weight excluding hydrogens is 270 g/mol. The summed E-state index contributed by atoms with van der Waals surface area (Å²) in [5.41, 5.74) is 2.60. The van der Waals surface area contributed by atoms with Crippen LogP contribution in [0.4, 0.5) is 11.4 Å². The van der Waals surface area contributed by atoms with Gasteiger partial charge in [-0.05, 0) is 37.1 Å². The number of nitrogens with zero attached hydrogens (tertiary/aromatic N) is 1. The molecule has 0 spiro atoms. The number of benzene rings is 1. The van der Waals surface area contributed by atoms with E-state index in [1.54, 1.807) is 24.8 Å². The average molecular weight is 289 g/mol. The van der Waals surface area contributed by atoms with Gasteiger partial charge in [-0.2, -0.15) is 0 Å². The van der Waals surface area contributed by atoms with Gasteiger partial charge in [-0.3, -0.25) is 14.4 Å². The van der Waals surface area contributed by atoms with Crippen molar-refractivity contribution in [2.45, 2.75) is 33.2 Å². The number of carbonyl (C=O) groups excluding carboxylic acids is 3. The van der Waals surface area contributed by atoms with Crippen LogP contribution < -0.4 is 15.5 Å². The lowest BCUT2D eigenvalue weighted by molar-refractivity contribution is -0.124. The fourth-order valence-corrected chi connectivity index (χ4v) is 2.43. The highest BCUT2D eigenvalue weighted by atomic mass is 16.2. The van der Waals surface area contributed by atoms with Gasteiger partial charge in [0.1, 0.15) is 6.04 Å². The number of rotatable bonds is 3. The summed E-state index contributed by atoms with van der Waals surface area (Å²) in [6.07, 6.45) is 0.778. The van der Waals surface area contributed by atoms with Gasteiger partial charge in [-0.25, -0.2) is 0 Å². The SMILES string of the molecule is CC(=O)N[C@H](C)C(=O)Nc1ccc2c(c1)CCN2C(C)=O. The van der Waals surface area contributed by atoms with Crippen molar-refractivity contribution in [3.63, 3.8) is 0 Å². The van der Waals surface area contributed by atoms with Crippen LogP contribution in [0.15, 0.2) is 18.2 Å². The number of anilines is 2. The van der Waals surface area contributed by atoms with Gasteiger partial charge < -0.3 is 15.5 Å². The van der Waals surface area contributed by atoms with Crippen LogP contribution in [0, 0.1) is 0 Å². The fourth-order valence-electron chi connectivity index (χ4n) is 2.43. The Morgan fingerprint density at radius 3 is 2.57 bits per heavy atom. The Morgan fingerprint density at radius 1 is 1.24 bits per heavy atom. The molecule has 1 aromatic rings. The van der Waals surface area contributed by atoms with Gasteiger partial charge in [-0.15, -0.1) is 0 Å². The third-order valence-corrected chi connectivity index (χ3v) is 3.44. The Kier molecular flexibility index (Phi) is 4.26. The number of hydrogen-bond donors (Lipinski definition) is 2. The van der Waals surface area contributed by atoms with Crippen molar-refractivity contribution < 1.29 is 14.4 Å². The van der Waals surface area contributed by atoms with Crippen LogP contribution in [0.25, 0.3) is 0 Å². The Bertz CT molecular complexity index is 598. The number of nitrogens with one attached hydrogen (secondary N) is 2. The molecule has 1 heterocycles. The zero-order valence-corrected chi connectivity index (χ0v) is 12.4. The number of amides is 3. The van der Waals surface area contributed by atoms with E-state index in [9.17, 15) is 14.4 Å². The third-order valence-electron chi connectivity index (χ3n) is 3.44. The number of carbonyl (C=O) groups is 3. The zero-order chi connectivity index (χ0) is 15.6. The van der Waals surface area contributed by atoms with Crippen LogP contribution in [0.1, 0.15) is 26.3 Å². The minimum Gasteiger partial charge on any atom is -0.345 e. The van der Waals surface area contributed by atoms with Crippen molar-refractivity contribution in [1.29, 1.82) is 0 Å². The molecular formula is C15H19N3O3. The first-order chi connectivity index (χ1) is 9.88. The smallest absolute Gasteiger partial charge is 0.246 e. The van der Waals surface area contributed by atoms with Crippen molar-refractivity contribution in [3.05, 3.63) is 23.8 Å². The van der Waals surface area contributed by atoms with E-state index >= 15 is 0 Å². The van der Waals surface area contributed by atoms with E-state index in [0.29, 0.717) is 12.2 Å². The molecule has 112 valence electrons. The predicted molar refractivity (Wildman–Crippen MR) is 80.1 cm³/mol. The lowest BCUT2D eigenvalue weighted by Gasteiger charge is -2.16. The average Bonchev–Trinajstić information content (AvgIpc) is 2.80. The van der Waals surface area contributed by atoms with Gasteiger partial charge in [0.2, 0.25) is 17.7 Å². The summed E-state index contributed by atoms with van der Waals surface area (Å²) in [5, 5.41) is 5.30. The predicted octanol–water partition coefficient (Wildman–Crippen LogP) is 1.06. The van der Waals surface area contributed by atoms with E-state index in [-0.39, 0.29) is 17.7 Å². The molecule has 0 bridgehead atoms. The minimum atomic E-state index is -0.593. The second-order valence-electron chi connectivity index (χ2n) is 5.18. The van der Waals surface area contributed by atoms with E-state index in [2.05, 4.69) is 10.6 Å². The summed E-state index contributed by atoms with van der Waals surface area (Å²) in [4.78, 5) is 36.1. The molecule has 6 heteroatoms. The largest absolute Gasteiger partial charge is 0.345 e. The van der Waals surface area contributed by atoms with Gasteiger partial charge in [0.15, 0.2) is 0 Å². The molecule has 21 heavy (non-hydrogen) atoms. The summed E-state index contributed by atoms with van der Waals surface area (Å²) >= 11 is 0. The molecule has 1 aliphatic rings. The second-order valence-corrected chi connectivity index (χ2v) is 5.18. The van der Waals surface area contributed by atoms with Crippen LogP contribution >= 0.6 is 0 Å². The van der Waals surface area contributed by atoms with Crippen LogP contribution in [0.5, 0.6) is 0 Å². The molecule has 0 unspecified atom stereocenters. The van der Waals surface area contributed by atoms with Crippen molar-refractivity contribution >= 4 is 29.1 Å². The van der Waals surface area contributed by atoms with Crippen LogP contribution in [0.3, 0.4) is 0 Å². The molecule has 2 rings (SSSR count). The highest BCUT2D eigenvalue weighted by molar-refractivity contribution is 5.98. The highest BCUT2D eigenvalue weighted by Crippen LogP contribution is 2.30. The summed E-state index contributed by atoms with van der Waals surface area (Å²) in [7, 11) is 0. The first-order valence-electron chi connectivity index (χ1n) is 6.87. The standard InChI is InChI=1S/C15H19N3O3/c1-9(16-10(2)19)15(21)17-13-4-5-14-12(8-13)6-7-18(14)11(3)20/h4-5,8-9H,6-7H2,1-3H3,(H,16,19)(H,17,21)/t9-/m1/s1. The molecule has 2 N–H and O–H groups in total. The first-order valence-corrected chi connectivity index (χ1v) is 6.87. The molecule has 0 aliphatic carbocycles. The topological polar surface area (TPSA) is 78.5 Å². The normalized spacial score (nSPS) is 14.3. The van der Waals surface area contributed by atoms with E-state index in [0.717, 1.165) is 17.7 Å². The molecule has 0 radical (unpaired) electrons. The quantitative estimate of drug-likeness (QED) is 0.873. The summed E-state index contributed by atoms with van der Waals surface area (Å²) in [5.74, 6) is -0.500. The molecule has 1 aliphatic heterocycles. The van der Waals surface area contributed by atoms with Gasteiger partial charge in [0, 0.05) is 31.8 Å². The molecule has 0 saturated carbocycles. The third kappa shape index (κ3) is 3.39. The van der Waals surface area contributed by atoms with Crippen molar-refractivity contribution in [2.75, 3.05) is 16.8 Å². The zero-order valence-electron chi connectivity index (χ0n) is 12.4. The maximum Gasteiger partial charge on any atom is 0.246 e. The van der Waals surface area contributed by atoms with E-state index in [4.69, 9.17) is 0 Å². The van der Waals surface area contributed by atoms with Gasteiger partial charge >= 0.3 is 0 Å². The second kappa shape index (κ2) is 5.95. The molecule has 3 amide bonds. The summed E-state index contributed by atoms with van der Waals surface area (Å²) in [6.45, 7) is 5.21. The van der Waals surface area contributed by atoms with Crippen molar-refractivity contribution in [2.24, 2.45) is 0 Å². The monoisotopic (exact) mass is 289 g/mol. The molecule has 1 aromatic carbocycles. The molecule has 0 aromatic heterocycles. The maximum atomic E-state index is 11.9. The van der Waals surface area contributed by atoms with E-state index < -0.39 is 6.04 Å². The first kappa shape index (κ1) is 15.0. The Hall–Kier alpha value is -2.37. The number of fused-ring (bicyclic) bond motifs is 1. The number of hydrogen-bond acceptors (Lipinski definition) is 3. The van der Waals surface area contributed by atoms with Gasteiger partial charge in [0.05, 0.1) is 0 Å². The Labute approximate surface area is 123 Å². The molecule has 0 saturated heterocycles. The Balaban J connectivity index is 2.08. The van der Waals surface area contributed by atoms with Crippen LogP contribution in [-0.2, 0) is 20.8 Å². The molecule has 1 atom stereocenters. The summed E-state index contributed by atoms with van der Waals surface area (Å²) < 4.78 is 0.